The average molecular weight is 235 g/mol. The second-order valence-corrected chi connectivity index (χ2v) is 3.84. The second-order valence-electron chi connectivity index (χ2n) is 3.84. The van der Waals surface area contributed by atoms with Gasteiger partial charge in [-0.05, 0) is 6.92 Å². The van der Waals surface area contributed by atoms with Crippen LogP contribution in [0.2, 0.25) is 0 Å². The number of carboxylic acids is 1. The van der Waals surface area contributed by atoms with Crippen molar-refractivity contribution < 1.29 is 24.2 Å². The van der Waals surface area contributed by atoms with Crippen molar-refractivity contribution in [1.29, 1.82) is 0 Å². The van der Waals surface area contributed by atoms with Crippen molar-refractivity contribution in [3.8, 4) is 0 Å². The number of hydrogen-bond acceptors (Lipinski definition) is 5. The van der Waals surface area contributed by atoms with Gasteiger partial charge in [-0.1, -0.05) is 24.3 Å². The van der Waals surface area contributed by atoms with Crippen molar-refractivity contribution in [2.45, 2.75) is 12.7 Å². The zero-order chi connectivity index (χ0) is 12.5. The van der Waals surface area contributed by atoms with Crippen molar-refractivity contribution >= 4 is 11.8 Å². The van der Waals surface area contributed by atoms with Gasteiger partial charge in [-0.2, -0.15) is 0 Å². The molecule has 2 rings (SSSR count). The van der Waals surface area contributed by atoms with Gasteiger partial charge in [0.1, 0.15) is 5.97 Å². The summed E-state index contributed by atoms with van der Waals surface area (Å²) >= 11 is 0. The molecule has 1 saturated heterocycles. The third kappa shape index (κ3) is 2.20. The Morgan fingerprint density at radius 2 is 1.71 bits per heavy atom. The Morgan fingerprint density at radius 1 is 1.18 bits per heavy atom. The van der Waals surface area contributed by atoms with Gasteiger partial charge in [-0.3, -0.25) is 4.79 Å². The Hall–Kier alpha value is -1.72. The predicted octanol–water partition coefficient (Wildman–Crippen LogP) is -0.161. The van der Waals surface area contributed by atoms with Gasteiger partial charge in [-0.25, -0.2) is 0 Å². The normalized spacial score (nSPS) is 17.9. The van der Waals surface area contributed by atoms with Crippen molar-refractivity contribution in [3.05, 3.63) is 35.4 Å². The molecule has 1 aromatic rings. The minimum atomic E-state index is -1.71. The molecule has 1 aliphatic heterocycles. The van der Waals surface area contributed by atoms with Crippen LogP contribution in [0.1, 0.15) is 22.8 Å². The van der Waals surface area contributed by atoms with Gasteiger partial charge in [0.15, 0.2) is 5.79 Å². The third-order valence-electron chi connectivity index (χ3n) is 2.70. The molecule has 0 aromatic heterocycles. The molecule has 17 heavy (non-hydrogen) atoms. The van der Waals surface area contributed by atoms with E-state index in [1.54, 1.807) is 19.1 Å². The van der Waals surface area contributed by atoms with E-state index in [0.717, 1.165) is 5.56 Å². The number of ether oxygens (including phenoxy) is 2. The summed E-state index contributed by atoms with van der Waals surface area (Å²) in [4.78, 5) is 21.5. The average Bonchev–Trinajstić information content (AvgIpc) is 2.76. The molecule has 1 heterocycles. The number of Topliss-reactive ketones (excluding diaryl/α,β-unsaturated/α-hetero) is 1. The molecule has 0 unspecified atom stereocenters. The maximum Gasteiger partial charge on any atom is 0.208 e. The summed E-state index contributed by atoms with van der Waals surface area (Å²) in [7, 11) is 0. The topological polar surface area (TPSA) is 75.7 Å². The van der Waals surface area contributed by atoms with Crippen molar-refractivity contribution in [2.24, 2.45) is 0 Å². The van der Waals surface area contributed by atoms with Crippen LogP contribution in [-0.2, 0) is 20.1 Å². The first kappa shape index (κ1) is 11.8. The van der Waals surface area contributed by atoms with Crippen LogP contribution < -0.4 is 5.11 Å². The van der Waals surface area contributed by atoms with E-state index in [9.17, 15) is 14.7 Å². The molecule has 0 atom stereocenters. The smallest absolute Gasteiger partial charge is 0.208 e. The van der Waals surface area contributed by atoms with Crippen LogP contribution in [0.5, 0.6) is 0 Å². The van der Waals surface area contributed by atoms with Gasteiger partial charge in [0.25, 0.3) is 0 Å². The lowest BCUT2D eigenvalue weighted by atomic mass is 10.0. The fraction of sp³-hybridized carbons (Fsp3) is 0.333. The number of rotatable bonds is 3. The maximum absolute atomic E-state index is 11.1. The highest BCUT2D eigenvalue weighted by Gasteiger charge is 2.32. The molecule has 0 saturated carbocycles. The monoisotopic (exact) mass is 235 g/mol. The van der Waals surface area contributed by atoms with Gasteiger partial charge in [-0.15, -0.1) is 0 Å². The standard InChI is InChI=1S/C12H12O5/c1-12(16-6-7-17-12)9-4-2-8(3-5-9)10(13)11(14)15/h2-5H,6-7H2,1H3,(H,14,15)/p-1. The largest absolute Gasteiger partial charge is 0.541 e. The van der Waals surface area contributed by atoms with Gasteiger partial charge in [0.05, 0.1) is 13.2 Å². The minimum absolute atomic E-state index is 0.0790. The van der Waals surface area contributed by atoms with Crippen LogP contribution in [0.4, 0.5) is 0 Å². The zero-order valence-electron chi connectivity index (χ0n) is 9.26. The van der Waals surface area contributed by atoms with Gasteiger partial charge >= 0.3 is 0 Å². The highest BCUT2D eigenvalue weighted by Crippen LogP contribution is 2.30. The summed E-state index contributed by atoms with van der Waals surface area (Å²) in [6, 6.07) is 6.07. The number of benzene rings is 1. The summed E-state index contributed by atoms with van der Waals surface area (Å²) in [6.07, 6.45) is 0. The lowest BCUT2D eigenvalue weighted by molar-refractivity contribution is -0.296. The van der Waals surface area contributed by atoms with Crippen LogP contribution in [0, 0.1) is 0 Å². The Labute approximate surface area is 98.0 Å². The van der Waals surface area contributed by atoms with Crippen molar-refractivity contribution in [3.63, 3.8) is 0 Å². The minimum Gasteiger partial charge on any atom is -0.541 e. The summed E-state index contributed by atoms with van der Waals surface area (Å²) in [6.45, 7) is 2.79. The molecule has 5 nitrogen and oxygen atoms in total. The lowest BCUT2D eigenvalue weighted by Crippen LogP contribution is -2.31. The van der Waals surface area contributed by atoms with E-state index in [-0.39, 0.29) is 5.56 Å². The van der Waals surface area contributed by atoms with Crippen LogP contribution in [-0.4, -0.2) is 25.0 Å². The summed E-state index contributed by atoms with van der Waals surface area (Å²) in [5.41, 5.74) is 0.820. The quantitative estimate of drug-likeness (QED) is 0.537. The Kier molecular flexibility index (Phi) is 2.95. The summed E-state index contributed by atoms with van der Waals surface area (Å²) in [5, 5.41) is 10.4. The molecule has 90 valence electrons. The second kappa shape index (κ2) is 4.27. The molecule has 0 radical (unpaired) electrons. The Bertz CT molecular complexity index is 442. The highest BCUT2D eigenvalue weighted by molar-refractivity contribution is 6.38. The number of carbonyl (C=O) groups is 2. The van der Waals surface area contributed by atoms with Gasteiger partial charge < -0.3 is 19.4 Å². The molecule has 5 heteroatoms. The molecule has 0 bridgehead atoms. The SMILES string of the molecule is CC1(c2ccc(C(=O)C(=O)[O-])cc2)OCCO1. The predicted molar refractivity (Wildman–Crippen MR) is 55.0 cm³/mol. The first-order chi connectivity index (χ1) is 8.03. The molecule has 1 fully saturated rings. The fourth-order valence-corrected chi connectivity index (χ4v) is 1.72. The number of ketones is 1. The molecule has 0 spiro atoms. The van der Waals surface area contributed by atoms with E-state index in [4.69, 9.17) is 9.47 Å². The number of carboxylic acid groups (broad SMARTS) is 1. The Morgan fingerprint density at radius 3 is 2.18 bits per heavy atom. The highest BCUT2D eigenvalue weighted by atomic mass is 16.7. The molecular formula is C12H11O5-. The van der Waals surface area contributed by atoms with Gasteiger partial charge in [0, 0.05) is 11.1 Å². The number of carbonyl (C=O) groups excluding carboxylic acids is 2. The summed E-state index contributed by atoms with van der Waals surface area (Å²) < 4.78 is 10.9. The van der Waals surface area contributed by atoms with Crippen LogP contribution in [0.15, 0.2) is 24.3 Å². The van der Waals surface area contributed by atoms with E-state index in [1.165, 1.54) is 12.1 Å². The van der Waals surface area contributed by atoms with Crippen molar-refractivity contribution in [2.75, 3.05) is 13.2 Å². The first-order valence-electron chi connectivity index (χ1n) is 5.17. The molecule has 0 N–H and O–H groups in total. The number of aliphatic carboxylic acids is 1. The zero-order valence-corrected chi connectivity index (χ0v) is 9.26. The van der Waals surface area contributed by atoms with Crippen LogP contribution in [0.3, 0.4) is 0 Å². The van der Waals surface area contributed by atoms with Crippen LogP contribution in [0.25, 0.3) is 0 Å². The fourth-order valence-electron chi connectivity index (χ4n) is 1.72. The first-order valence-corrected chi connectivity index (χ1v) is 5.17. The molecule has 0 aliphatic carbocycles. The molecule has 1 aromatic carbocycles. The van der Waals surface area contributed by atoms with Crippen molar-refractivity contribution in [1.82, 2.24) is 0 Å². The van der Waals surface area contributed by atoms with E-state index in [1.807, 2.05) is 0 Å². The van der Waals surface area contributed by atoms with E-state index in [0.29, 0.717) is 13.2 Å². The van der Waals surface area contributed by atoms with Gasteiger partial charge in [0.2, 0.25) is 5.78 Å². The lowest BCUT2D eigenvalue weighted by Gasteiger charge is -2.22. The Balaban J connectivity index is 2.24. The van der Waals surface area contributed by atoms with Crippen LogP contribution >= 0.6 is 0 Å². The van der Waals surface area contributed by atoms with E-state index in [2.05, 4.69) is 0 Å². The third-order valence-corrected chi connectivity index (χ3v) is 2.70. The summed E-state index contributed by atoms with van der Waals surface area (Å²) in [5.74, 6) is -3.56. The van der Waals surface area contributed by atoms with E-state index >= 15 is 0 Å². The number of hydrogen-bond donors (Lipinski definition) is 0. The molecule has 1 aliphatic rings. The van der Waals surface area contributed by atoms with E-state index < -0.39 is 17.5 Å². The molecule has 0 amide bonds. The maximum atomic E-state index is 11.1. The molecular weight excluding hydrogens is 224 g/mol.